The molecular formula is C27H27ClN2O3S. The third-order valence-electron chi connectivity index (χ3n) is 5.79. The van der Waals surface area contributed by atoms with Crippen molar-refractivity contribution in [2.24, 2.45) is 0 Å². The van der Waals surface area contributed by atoms with Crippen LogP contribution in [-0.4, -0.2) is 27.7 Å². The van der Waals surface area contributed by atoms with Crippen molar-refractivity contribution in [3.05, 3.63) is 92.4 Å². The van der Waals surface area contributed by atoms with E-state index in [-0.39, 0.29) is 17.8 Å². The van der Waals surface area contributed by atoms with Crippen LogP contribution >= 0.6 is 22.9 Å². The minimum Gasteiger partial charge on any atom is -0.507 e. The van der Waals surface area contributed by atoms with Gasteiger partial charge in [-0.3, -0.25) is 0 Å². The monoisotopic (exact) mass is 494 g/mol. The van der Waals surface area contributed by atoms with E-state index in [1.54, 1.807) is 0 Å². The number of benzene rings is 2. The first-order valence-corrected chi connectivity index (χ1v) is 12.5. The Morgan fingerprint density at radius 1 is 1.15 bits per heavy atom. The Morgan fingerprint density at radius 2 is 1.97 bits per heavy atom. The topological polar surface area (TPSA) is 64.3 Å². The molecule has 4 rings (SSSR count). The zero-order valence-corrected chi connectivity index (χ0v) is 20.8. The third kappa shape index (κ3) is 5.03. The molecule has 0 aliphatic heterocycles. The number of rotatable bonds is 9. The summed E-state index contributed by atoms with van der Waals surface area (Å²) in [5.74, 6) is 0.286. The van der Waals surface area contributed by atoms with Gasteiger partial charge in [-0.15, -0.1) is 11.3 Å². The lowest BCUT2D eigenvalue weighted by Gasteiger charge is -2.14. The molecule has 0 amide bonds. The molecule has 0 fully saturated rings. The summed E-state index contributed by atoms with van der Waals surface area (Å²) in [6.07, 6.45) is 3.13. The maximum atomic E-state index is 12.7. The second kappa shape index (κ2) is 10.9. The minimum absolute atomic E-state index is 0.0896. The molecule has 4 aromatic rings. The number of hydrogen-bond acceptors (Lipinski definition) is 5. The highest BCUT2D eigenvalue weighted by atomic mass is 35.5. The first-order valence-electron chi connectivity index (χ1n) is 11.3. The van der Waals surface area contributed by atoms with Crippen molar-refractivity contribution in [3.8, 4) is 0 Å². The predicted molar refractivity (Wildman–Crippen MR) is 138 cm³/mol. The Hall–Kier alpha value is -3.09. The second-order valence-corrected chi connectivity index (χ2v) is 9.50. The number of unbranched alkanes of at least 4 members (excludes halogenated alkanes) is 1. The van der Waals surface area contributed by atoms with Gasteiger partial charge in [0, 0.05) is 28.3 Å². The largest absolute Gasteiger partial charge is 0.507 e. The van der Waals surface area contributed by atoms with Crippen LogP contribution in [0, 0.1) is 0 Å². The summed E-state index contributed by atoms with van der Waals surface area (Å²) >= 11 is 8.02. The number of halogens is 1. The number of fused-ring (bicyclic) bond motifs is 1. The third-order valence-corrected chi connectivity index (χ3v) is 7.03. The molecule has 0 atom stereocenters. The molecular weight excluding hydrogens is 468 g/mol. The molecule has 0 bridgehead atoms. The highest BCUT2D eigenvalue weighted by Crippen LogP contribution is 2.31. The molecule has 0 aliphatic carbocycles. The number of imidazole rings is 1. The fourth-order valence-electron chi connectivity index (χ4n) is 4.04. The van der Waals surface area contributed by atoms with Gasteiger partial charge in [0.1, 0.15) is 11.6 Å². The van der Waals surface area contributed by atoms with E-state index in [0.717, 1.165) is 46.6 Å². The number of aliphatic hydroxyl groups excluding tert-OH is 1. The summed E-state index contributed by atoms with van der Waals surface area (Å²) in [5, 5.41) is 14.0. The van der Waals surface area contributed by atoms with Gasteiger partial charge in [-0.1, -0.05) is 55.3 Å². The van der Waals surface area contributed by atoms with Crippen molar-refractivity contribution < 1.29 is 14.6 Å². The number of esters is 1. The smallest absolute Gasteiger partial charge is 0.337 e. The normalized spacial score (nSPS) is 12.1. The quantitative estimate of drug-likeness (QED) is 0.157. The zero-order chi connectivity index (χ0) is 24.1. The number of carbonyl (C=O) groups is 1. The van der Waals surface area contributed by atoms with Crippen molar-refractivity contribution in [3.63, 3.8) is 0 Å². The first-order chi connectivity index (χ1) is 16.5. The van der Waals surface area contributed by atoms with Gasteiger partial charge in [-0.05, 0) is 41.6 Å². The average molecular weight is 495 g/mol. The number of methoxy groups -OCH3 is 1. The number of ether oxygens (including phenoxy) is 1. The molecule has 0 unspecified atom stereocenters. The lowest BCUT2D eigenvalue weighted by atomic mass is 10.0. The van der Waals surface area contributed by atoms with Gasteiger partial charge in [-0.25, -0.2) is 9.78 Å². The van der Waals surface area contributed by atoms with Crippen LogP contribution < -0.4 is 0 Å². The van der Waals surface area contributed by atoms with E-state index in [1.807, 2.05) is 60.0 Å². The van der Waals surface area contributed by atoms with Gasteiger partial charge < -0.3 is 14.4 Å². The first kappa shape index (κ1) is 24.0. The van der Waals surface area contributed by atoms with Crippen LogP contribution in [0.25, 0.3) is 16.8 Å². The van der Waals surface area contributed by atoms with Crippen LogP contribution in [0.1, 0.15) is 41.6 Å². The van der Waals surface area contributed by atoms with Gasteiger partial charge in [0.2, 0.25) is 0 Å². The van der Waals surface area contributed by atoms with Crippen molar-refractivity contribution in [2.45, 2.75) is 39.2 Å². The van der Waals surface area contributed by atoms with Gasteiger partial charge in [0.25, 0.3) is 0 Å². The average Bonchev–Trinajstić information content (AvgIpc) is 3.49. The molecule has 0 aliphatic rings. The Labute approximate surface area is 208 Å². The number of thiophene rings is 1. The molecule has 7 heteroatoms. The number of nitrogens with zero attached hydrogens (tertiary/aromatic N) is 2. The maximum absolute atomic E-state index is 12.7. The van der Waals surface area contributed by atoms with Crippen LogP contribution in [0.4, 0.5) is 0 Å². The SMILES string of the molecule is CCCCc1nc2cccc(/C(O)=C(\Cc3cccs3)C(=O)OC)c2n1Cc1ccccc1Cl. The number of para-hydroxylation sites is 1. The van der Waals surface area contributed by atoms with E-state index in [0.29, 0.717) is 17.1 Å². The van der Waals surface area contributed by atoms with Gasteiger partial charge in [0.15, 0.2) is 0 Å². The van der Waals surface area contributed by atoms with E-state index in [2.05, 4.69) is 11.5 Å². The number of aryl methyl sites for hydroxylation is 1. The zero-order valence-electron chi connectivity index (χ0n) is 19.3. The molecule has 5 nitrogen and oxygen atoms in total. The van der Waals surface area contributed by atoms with E-state index < -0.39 is 5.97 Å². The van der Waals surface area contributed by atoms with E-state index in [1.165, 1.54) is 18.4 Å². The molecule has 0 saturated carbocycles. The Bertz CT molecular complexity index is 1330. The Morgan fingerprint density at radius 3 is 2.68 bits per heavy atom. The standard InChI is InChI=1S/C27H27ClN2O3S/c1-3-4-14-24-29-23-13-7-11-20(25(23)30(24)17-18-9-5-6-12-22(18)28)26(31)21(27(32)33-2)16-19-10-8-15-34-19/h5-13,15,31H,3-4,14,16-17H2,1-2H3/b26-21-. The predicted octanol–water partition coefficient (Wildman–Crippen LogP) is 6.83. The molecule has 1 N–H and O–H groups in total. The number of carbonyl (C=O) groups excluding carboxylic acids is 1. The van der Waals surface area contributed by atoms with Gasteiger partial charge in [-0.2, -0.15) is 0 Å². The molecule has 0 radical (unpaired) electrons. The van der Waals surface area contributed by atoms with Crippen LogP contribution in [-0.2, 0) is 28.9 Å². The molecule has 2 aromatic carbocycles. The van der Waals surface area contributed by atoms with Crippen molar-refractivity contribution in [2.75, 3.05) is 7.11 Å². The summed E-state index contributed by atoms with van der Waals surface area (Å²) in [6.45, 7) is 2.66. The summed E-state index contributed by atoms with van der Waals surface area (Å²) in [6, 6.07) is 17.2. The summed E-state index contributed by atoms with van der Waals surface area (Å²) in [4.78, 5) is 18.5. The summed E-state index contributed by atoms with van der Waals surface area (Å²) in [7, 11) is 1.33. The minimum atomic E-state index is -0.550. The molecule has 176 valence electrons. The number of aliphatic hydroxyl groups is 1. The van der Waals surface area contributed by atoms with Crippen molar-refractivity contribution in [1.82, 2.24) is 9.55 Å². The van der Waals surface area contributed by atoms with Crippen LogP contribution in [0.3, 0.4) is 0 Å². The Kier molecular flexibility index (Phi) is 7.70. The van der Waals surface area contributed by atoms with Crippen LogP contribution in [0.5, 0.6) is 0 Å². The van der Waals surface area contributed by atoms with E-state index in [9.17, 15) is 9.90 Å². The van der Waals surface area contributed by atoms with Gasteiger partial charge in [0.05, 0.1) is 30.3 Å². The molecule has 0 saturated heterocycles. The molecule has 2 aromatic heterocycles. The fourth-order valence-corrected chi connectivity index (χ4v) is 4.96. The summed E-state index contributed by atoms with van der Waals surface area (Å²) < 4.78 is 7.13. The Balaban J connectivity index is 1.91. The van der Waals surface area contributed by atoms with E-state index >= 15 is 0 Å². The van der Waals surface area contributed by atoms with Gasteiger partial charge >= 0.3 is 5.97 Å². The number of aromatic nitrogens is 2. The molecule has 0 spiro atoms. The second-order valence-electron chi connectivity index (χ2n) is 8.06. The highest BCUT2D eigenvalue weighted by molar-refractivity contribution is 7.09. The fraction of sp³-hybridized carbons (Fsp3) is 0.259. The lowest BCUT2D eigenvalue weighted by molar-refractivity contribution is -0.136. The van der Waals surface area contributed by atoms with E-state index in [4.69, 9.17) is 21.3 Å². The number of hydrogen-bond donors (Lipinski definition) is 1. The molecule has 34 heavy (non-hydrogen) atoms. The van der Waals surface area contributed by atoms with Crippen molar-refractivity contribution in [1.29, 1.82) is 0 Å². The molecule has 2 heterocycles. The lowest BCUT2D eigenvalue weighted by Crippen LogP contribution is -2.11. The highest BCUT2D eigenvalue weighted by Gasteiger charge is 2.23. The van der Waals surface area contributed by atoms with Crippen molar-refractivity contribution >= 4 is 45.7 Å². The van der Waals surface area contributed by atoms with Crippen LogP contribution in [0.2, 0.25) is 5.02 Å². The maximum Gasteiger partial charge on any atom is 0.337 e. The van der Waals surface area contributed by atoms with Crippen LogP contribution in [0.15, 0.2) is 65.6 Å². The summed E-state index contributed by atoms with van der Waals surface area (Å²) in [5.41, 5.74) is 3.28.